The normalized spacial score (nSPS) is 23.8. The molecule has 0 saturated carbocycles. The molecule has 0 bridgehead atoms. The van der Waals surface area contributed by atoms with Crippen molar-refractivity contribution in [1.29, 1.82) is 0 Å². The number of carbonyl (C=O) groups excluding carboxylic acids is 1. The number of likely N-dealkylation sites (tertiary alicyclic amines) is 1. The summed E-state index contributed by atoms with van der Waals surface area (Å²) in [6.45, 7) is 4.78. The van der Waals surface area contributed by atoms with Gasteiger partial charge in [0.1, 0.15) is 0 Å². The van der Waals surface area contributed by atoms with Gasteiger partial charge in [0.15, 0.2) is 6.29 Å². The minimum atomic E-state index is -0.561. The summed E-state index contributed by atoms with van der Waals surface area (Å²) in [5, 5.41) is 22.6. The summed E-state index contributed by atoms with van der Waals surface area (Å²) < 4.78 is 13.2. The number of aromatic nitrogens is 1. The number of nitrogens with one attached hydrogen (secondary N) is 1. The highest BCUT2D eigenvalue weighted by atomic mass is 16.7. The molecular weight excluding hydrogens is 554 g/mol. The second kappa shape index (κ2) is 13.8. The van der Waals surface area contributed by atoms with Gasteiger partial charge in [-0.05, 0) is 46.4 Å². The van der Waals surface area contributed by atoms with Gasteiger partial charge in [-0.2, -0.15) is 0 Å². The van der Waals surface area contributed by atoms with E-state index >= 15 is 0 Å². The minimum Gasteiger partial charge on any atom is -0.392 e. The third kappa shape index (κ3) is 6.90. The Morgan fingerprint density at radius 2 is 1.75 bits per heavy atom. The molecule has 3 heterocycles. The number of benzene rings is 3. The molecule has 44 heavy (non-hydrogen) atoms. The van der Waals surface area contributed by atoms with Crippen LogP contribution in [0.15, 0.2) is 97.3 Å². The van der Waals surface area contributed by atoms with Gasteiger partial charge in [0.05, 0.1) is 30.5 Å². The molecule has 1 amide bonds. The van der Waals surface area contributed by atoms with Crippen LogP contribution in [-0.4, -0.2) is 57.8 Å². The van der Waals surface area contributed by atoms with E-state index in [1.165, 1.54) is 0 Å². The minimum absolute atomic E-state index is 0.000636. The van der Waals surface area contributed by atoms with Gasteiger partial charge in [0.25, 0.3) is 5.91 Å². The van der Waals surface area contributed by atoms with Crippen LogP contribution in [0, 0.1) is 5.92 Å². The van der Waals surface area contributed by atoms with E-state index in [0.29, 0.717) is 18.7 Å². The van der Waals surface area contributed by atoms with Crippen LogP contribution in [-0.2, 0) is 22.6 Å². The number of pyridine rings is 1. The molecule has 2 aliphatic rings. The van der Waals surface area contributed by atoms with Gasteiger partial charge < -0.3 is 25.0 Å². The van der Waals surface area contributed by atoms with Gasteiger partial charge in [-0.15, -0.1) is 0 Å². The number of hydrogen-bond donors (Lipinski definition) is 3. The smallest absolute Gasteiger partial charge is 0.253 e. The molecule has 3 aromatic carbocycles. The maximum Gasteiger partial charge on any atom is 0.253 e. The molecule has 6 rings (SSSR count). The molecule has 8 heteroatoms. The Balaban J connectivity index is 1.21. The van der Waals surface area contributed by atoms with Crippen molar-refractivity contribution in [3.8, 4) is 11.1 Å². The average molecular weight is 594 g/mol. The fourth-order valence-electron chi connectivity index (χ4n) is 6.11. The number of rotatable bonds is 9. The molecule has 0 unspecified atom stereocenters. The predicted octanol–water partition coefficient (Wildman–Crippen LogP) is 5.03. The maximum atomic E-state index is 12.6. The lowest BCUT2D eigenvalue weighted by Crippen LogP contribution is -2.44. The second-order valence-electron chi connectivity index (χ2n) is 11.7. The average Bonchev–Trinajstić information content (AvgIpc) is 3.49. The van der Waals surface area contributed by atoms with Gasteiger partial charge in [-0.25, -0.2) is 0 Å². The quantitative estimate of drug-likeness (QED) is 0.250. The van der Waals surface area contributed by atoms with Crippen molar-refractivity contribution in [2.24, 2.45) is 5.92 Å². The third-order valence-corrected chi connectivity index (χ3v) is 8.68. The van der Waals surface area contributed by atoms with Crippen LogP contribution in [0.4, 0.5) is 0 Å². The zero-order chi connectivity index (χ0) is 30.5. The Morgan fingerprint density at radius 1 is 0.977 bits per heavy atom. The number of amides is 1. The highest BCUT2D eigenvalue weighted by Gasteiger charge is 2.39. The fourth-order valence-corrected chi connectivity index (χ4v) is 6.11. The van der Waals surface area contributed by atoms with Crippen LogP contribution in [0.1, 0.15) is 58.4 Å². The molecule has 228 valence electrons. The molecular formula is C36H39N3O5. The lowest BCUT2D eigenvalue weighted by atomic mass is 9.90. The molecule has 2 fully saturated rings. The van der Waals surface area contributed by atoms with Crippen LogP contribution in [0.5, 0.6) is 0 Å². The highest BCUT2D eigenvalue weighted by Crippen LogP contribution is 2.42. The summed E-state index contributed by atoms with van der Waals surface area (Å²) in [5.41, 5.74) is 6.44. The summed E-state index contributed by atoms with van der Waals surface area (Å²) in [4.78, 5) is 18.9. The van der Waals surface area contributed by atoms with Crippen molar-refractivity contribution < 1.29 is 24.5 Å². The monoisotopic (exact) mass is 593 g/mol. The van der Waals surface area contributed by atoms with E-state index in [9.17, 15) is 15.0 Å². The van der Waals surface area contributed by atoms with Crippen LogP contribution in [0.2, 0.25) is 0 Å². The molecule has 4 aromatic rings. The van der Waals surface area contributed by atoms with E-state index in [2.05, 4.69) is 40.3 Å². The first-order valence-electron chi connectivity index (χ1n) is 15.3. The first-order valence-corrected chi connectivity index (χ1v) is 15.3. The van der Waals surface area contributed by atoms with E-state index < -0.39 is 6.29 Å². The van der Waals surface area contributed by atoms with Gasteiger partial charge in [-0.3, -0.25) is 14.7 Å². The van der Waals surface area contributed by atoms with Gasteiger partial charge in [0.2, 0.25) is 0 Å². The standard InChI is InChI=1S/C36H39N3O5/c1-24-33(22-39-18-16-31(41)21-39)43-36(44-34(24)27-10-8-25(23-40)9-11-27)28-14-12-26(13-15-28)32-7-3-2-5-29(32)20-38-35(42)30-6-4-17-37-19-30/h2-15,17,19,24,31,33-34,36,40-41H,16,18,20-23H2,1H3,(H,38,42)/t24-,31-,33+,34+,36+/m0/s1. The molecule has 5 atom stereocenters. The van der Waals surface area contributed by atoms with Crippen LogP contribution >= 0.6 is 0 Å². The van der Waals surface area contributed by atoms with Gasteiger partial charge in [0, 0.05) is 50.1 Å². The first-order chi connectivity index (χ1) is 21.5. The molecule has 2 saturated heterocycles. The zero-order valence-electron chi connectivity index (χ0n) is 24.9. The Kier molecular flexibility index (Phi) is 9.45. The predicted molar refractivity (Wildman–Crippen MR) is 167 cm³/mol. The van der Waals surface area contributed by atoms with Crippen molar-refractivity contribution in [3.05, 3.63) is 125 Å². The molecule has 1 aromatic heterocycles. The van der Waals surface area contributed by atoms with Crippen molar-refractivity contribution >= 4 is 5.91 Å². The number of nitrogens with zero attached hydrogens (tertiary/aromatic N) is 2. The first kappa shape index (κ1) is 30.1. The lowest BCUT2D eigenvalue weighted by molar-refractivity contribution is -0.276. The highest BCUT2D eigenvalue weighted by molar-refractivity contribution is 5.93. The molecule has 0 radical (unpaired) electrons. The Bertz CT molecular complexity index is 1530. The largest absolute Gasteiger partial charge is 0.392 e. The Labute approximate surface area is 258 Å². The van der Waals surface area contributed by atoms with Crippen LogP contribution in [0.3, 0.4) is 0 Å². The lowest BCUT2D eigenvalue weighted by Gasteiger charge is -2.42. The summed E-state index contributed by atoms with van der Waals surface area (Å²) in [6.07, 6.45) is 2.85. The number of carbonyl (C=O) groups is 1. The van der Waals surface area contributed by atoms with Crippen LogP contribution < -0.4 is 5.32 Å². The third-order valence-electron chi connectivity index (χ3n) is 8.68. The van der Waals surface area contributed by atoms with E-state index in [0.717, 1.165) is 52.9 Å². The van der Waals surface area contributed by atoms with E-state index in [4.69, 9.17) is 9.47 Å². The molecule has 0 spiro atoms. The van der Waals surface area contributed by atoms with Crippen LogP contribution in [0.25, 0.3) is 11.1 Å². The van der Waals surface area contributed by atoms with E-state index in [-0.39, 0.29) is 36.7 Å². The second-order valence-corrected chi connectivity index (χ2v) is 11.7. The van der Waals surface area contributed by atoms with Crippen molar-refractivity contribution in [2.45, 2.75) is 51.1 Å². The molecule has 0 aliphatic carbocycles. The van der Waals surface area contributed by atoms with Gasteiger partial charge in [-0.1, -0.05) is 79.7 Å². The number of aliphatic hydroxyl groups excluding tert-OH is 2. The molecule has 3 N–H and O–H groups in total. The summed E-state index contributed by atoms with van der Waals surface area (Å²) >= 11 is 0. The maximum absolute atomic E-state index is 12.6. The summed E-state index contributed by atoms with van der Waals surface area (Å²) in [5.74, 6) is -0.0837. The van der Waals surface area contributed by atoms with Crippen molar-refractivity contribution in [3.63, 3.8) is 0 Å². The molecule has 8 nitrogen and oxygen atoms in total. The van der Waals surface area contributed by atoms with E-state index in [1.54, 1.807) is 24.5 Å². The number of aliphatic hydroxyl groups is 2. The van der Waals surface area contributed by atoms with Gasteiger partial charge >= 0.3 is 0 Å². The fraction of sp³-hybridized carbons (Fsp3) is 0.333. The summed E-state index contributed by atoms with van der Waals surface area (Å²) in [6, 6.07) is 27.7. The number of hydrogen-bond acceptors (Lipinski definition) is 7. The topological polar surface area (TPSA) is 104 Å². The number of β-amino-alcohol motifs (C(OH)–C–C–N with tert-alkyl or cyclic N) is 1. The Hall–Kier alpha value is -3.92. The van der Waals surface area contributed by atoms with E-state index in [1.807, 2.05) is 54.6 Å². The van der Waals surface area contributed by atoms with Crippen molar-refractivity contribution in [1.82, 2.24) is 15.2 Å². The van der Waals surface area contributed by atoms with Crippen molar-refractivity contribution in [2.75, 3.05) is 19.6 Å². The SMILES string of the molecule is C[C@H]1[C@@H](CN2CC[C@H](O)C2)O[C@@H](c2ccc(-c3ccccc3CNC(=O)c3cccnc3)cc2)O[C@H]1c1ccc(CO)cc1. The zero-order valence-corrected chi connectivity index (χ0v) is 24.9. The molecule has 2 aliphatic heterocycles. The summed E-state index contributed by atoms with van der Waals surface area (Å²) in [7, 11) is 0. The Morgan fingerprint density at radius 3 is 2.45 bits per heavy atom. The number of ether oxygens (including phenoxy) is 2.